The summed E-state index contributed by atoms with van der Waals surface area (Å²) in [5.74, 6) is 0.947. The molecule has 5 heteroatoms. The molecule has 2 aromatic carbocycles. The number of nitrogens with one attached hydrogen (secondary N) is 1. The highest BCUT2D eigenvalue weighted by molar-refractivity contribution is 5.99. The van der Waals surface area contributed by atoms with Crippen molar-refractivity contribution in [3.63, 3.8) is 0 Å². The zero-order chi connectivity index (χ0) is 17.6. The summed E-state index contributed by atoms with van der Waals surface area (Å²) < 4.78 is 7.82. The predicted molar refractivity (Wildman–Crippen MR) is 97.6 cm³/mol. The molecule has 4 rings (SSSR count). The summed E-state index contributed by atoms with van der Waals surface area (Å²) in [4.78, 5) is 17.2. The fourth-order valence-corrected chi connectivity index (χ4v) is 3.19. The Hall–Kier alpha value is -3.08. The van der Waals surface area contributed by atoms with Gasteiger partial charge in [0.25, 0.3) is 5.91 Å². The Labute approximate surface area is 145 Å². The van der Waals surface area contributed by atoms with E-state index in [1.165, 1.54) is 0 Å². The summed E-state index contributed by atoms with van der Waals surface area (Å²) in [5.41, 5.74) is 4.62. The van der Waals surface area contributed by atoms with Gasteiger partial charge in [-0.25, -0.2) is 4.98 Å². The van der Waals surface area contributed by atoms with Crippen LogP contribution in [0.4, 0.5) is 0 Å². The number of furan rings is 1. The first-order valence-electron chi connectivity index (χ1n) is 8.23. The fourth-order valence-electron chi connectivity index (χ4n) is 3.19. The first kappa shape index (κ1) is 15.4. The van der Waals surface area contributed by atoms with Gasteiger partial charge in [0, 0.05) is 18.0 Å². The van der Waals surface area contributed by atoms with Crippen LogP contribution in [0.25, 0.3) is 22.0 Å². The second kappa shape index (κ2) is 5.77. The van der Waals surface area contributed by atoms with Crippen LogP contribution >= 0.6 is 0 Å². The molecule has 4 aromatic rings. The number of rotatable bonds is 3. The monoisotopic (exact) mass is 333 g/mol. The molecule has 0 saturated heterocycles. The standard InChI is InChI=1S/C20H19N3O2/c1-12-7-6-8-14-13(2)19(25-18(12)14)20(24)21-11-17-22-15-9-4-5-10-16(15)23(17)3/h4-10H,11H2,1-3H3,(H,21,24). The summed E-state index contributed by atoms with van der Waals surface area (Å²) in [6, 6.07) is 13.8. The number of imidazole rings is 1. The Morgan fingerprint density at radius 3 is 2.72 bits per heavy atom. The zero-order valence-electron chi connectivity index (χ0n) is 14.5. The van der Waals surface area contributed by atoms with Gasteiger partial charge >= 0.3 is 0 Å². The van der Waals surface area contributed by atoms with Crippen LogP contribution in [0.5, 0.6) is 0 Å². The summed E-state index contributed by atoms with van der Waals surface area (Å²) in [5, 5.41) is 3.90. The Bertz CT molecular complexity index is 1100. The lowest BCUT2D eigenvalue weighted by atomic mass is 10.1. The highest BCUT2D eigenvalue weighted by Gasteiger charge is 2.19. The molecular weight excluding hydrogens is 314 g/mol. The minimum Gasteiger partial charge on any atom is -0.450 e. The van der Waals surface area contributed by atoms with Crippen LogP contribution in [0.2, 0.25) is 0 Å². The number of nitrogens with zero attached hydrogens (tertiary/aromatic N) is 2. The number of aryl methyl sites for hydroxylation is 3. The number of aromatic nitrogens is 2. The molecule has 0 unspecified atom stereocenters. The van der Waals surface area contributed by atoms with Crippen LogP contribution in [0, 0.1) is 13.8 Å². The third-order valence-corrected chi connectivity index (χ3v) is 4.65. The van der Waals surface area contributed by atoms with Gasteiger partial charge in [-0.3, -0.25) is 4.79 Å². The molecular formula is C20H19N3O2. The molecule has 2 aromatic heterocycles. The maximum Gasteiger partial charge on any atom is 0.287 e. The molecule has 0 radical (unpaired) electrons. The van der Waals surface area contributed by atoms with Crippen LogP contribution in [-0.4, -0.2) is 15.5 Å². The van der Waals surface area contributed by atoms with Crippen molar-refractivity contribution in [1.29, 1.82) is 0 Å². The maximum atomic E-state index is 12.6. The van der Waals surface area contributed by atoms with Crippen LogP contribution in [0.15, 0.2) is 46.9 Å². The van der Waals surface area contributed by atoms with Gasteiger partial charge in [-0.05, 0) is 31.5 Å². The van der Waals surface area contributed by atoms with E-state index in [1.807, 2.05) is 67.9 Å². The van der Waals surface area contributed by atoms with Crippen LogP contribution in [0.1, 0.15) is 27.5 Å². The highest BCUT2D eigenvalue weighted by Crippen LogP contribution is 2.27. The van der Waals surface area contributed by atoms with Crippen molar-refractivity contribution >= 4 is 27.9 Å². The molecule has 0 aliphatic rings. The van der Waals surface area contributed by atoms with E-state index in [9.17, 15) is 4.79 Å². The smallest absolute Gasteiger partial charge is 0.287 e. The third-order valence-electron chi connectivity index (χ3n) is 4.65. The van der Waals surface area contributed by atoms with E-state index in [-0.39, 0.29) is 5.91 Å². The van der Waals surface area contributed by atoms with Crippen LogP contribution < -0.4 is 5.32 Å². The second-order valence-electron chi connectivity index (χ2n) is 6.27. The highest BCUT2D eigenvalue weighted by atomic mass is 16.3. The Kier molecular flexibility index (Phi) is 3.57. The van der Waals surface area contributed by atoms with E-state index in [2.05, 4.69) is 10.3 Å². The first-order valence-corrected chi connectivity index (χ1v) is 8.23. The number of hydrogen-bond donors (Lipinski definition) is 1. The lowest BCUT2D eigenvalue weighted by Gasteiger charge is -2.04. The molecule has 25 heavy (non-hydrogen) atoms. The second-order valence-corrected chi connectivity index (χ2v) is 6.27. The molecule has 0 saturated carbocycles. The maximum absolute atomic E-state index is 12.6. The van der Waals surface area contributed by atoms with Crippen LogP contribution in [-0.2, 0) is 13.6 Å². The molecule has 0 aliphatic carbocycles. The number of benzene rings is 2. The Morgan fingerprint density at radius 1 is 1.16 bits per heavy atom. The Balaban J connectivity index is 1.61. The van der Waals surface area contributed by atoms with Crippen molar-refractivity contribution in [3.05, 3.63) is 65.2 Å². The number of carbonyl (C=O) groups is 1. The normalized spacial score (nSPS) is 11.3. The number of para-hydroxylation sites is 3. The van der Waals surface area contributed by atoms with Gasteiger partial charge in [-0.15, -0.1) is 0 Å². The van der Waals surface area contributed by atoms with Crippen molar-refractivity contribution in [2.75, 3.05) is 0 Å². The summed E-state index contributed by atoms with van der Waals surface area (Å²) >= 11 is 0. The van der Waals surface area contributed by atoms with Crippen molar-refractivity contribution in [2.45, 2.75) is 20.4 Å². The van der Waals surface area contributed by atoms with Crippen molar-refractivity contribution in [2.24, 2.45) is 7.05 Å². The predicted octanol–water partition coefficient (Wildman–Crippen LogP) is 3.87. The van der Waals surface area contributed by atoms with Gasteiger partial charge in [0.15, 0.2) is 5.76 Å². The first-order chi connectivity index (χ1) is 12.1. The summed E-state index contributed by atoms with van der Waals surface area (Å²) in [7, 11) is 1.95. The molecule has 2 heterocycles. The van der Waals surface area contributed by atoms with E-state index in [0.717, 1.165) is 39.0 Å². The fraction of sp³-hybridized carbons (Fsp3) is 0.200. The van der Waals surface area contributed by atoms with Gasteiger partial charge < -0.3 is 14.3 Å². The van der Waals surface area contributed by atoms with Gasteiger partial charge in [0.05, 0.1) is 17.6 Å². The lowest BCUT2D eigenvalue weighted by molar-refractivity contribution is 0.0923. The number of amides is 1. The quantitative estimate of drug-likeness (QED) is 0.619. The molecule has 126 valence electrons. The third kappa shape index (κ3) is 2.48. The summed E-state index contributed by atoms with van der Waals surface area (Å²) in [6.07, 6.45) is 0. The topological polar surface area (TPSA) is 60.1 Å². The minimum atomic E-state index is -0.222. The average molecular weight is 333 g/mol. The molecule has 0 bridgehead atoms. The van der Waals surface area contributed by atoms with Gasteiger partial charge in [-0.2, -0.15) is 0 Å². The van der Waals surface area contributed by atoms with Crippen LogP contribution in [0.3, 0.4) is 0 Å². The van der Waals surface area contributed by atoms with Gasteiger partial charge in [0.1, 0.15) is 11.4 Å². The largest absolute Gasteiger partial charge is 0.450 e. The number of fused-ring (bicyclic) bond motifs is 2. The van der Waals surface area contributed by atoms with E-state index < -0.39 is 0 Å². The lowest BCUT2D eigenvalue weighted by Crippen LogP contribution is -2.24. The average Bonchev–Trinajstić information content (AvgIpc) is 3.12. The van der Waals surface area contributed by atoms with E-state index >= 15 is 0 Å². The molecule has 0 atom stereocenters. The minimum absolute atomic E-state index is 0.222. The molecule has 0 spiro atoms. The number of hydrogen-bond acceptors (Lipinski definition) is 3. The number of carbonyl (C=O) groups excluding carboxylic acids is 1. The van der Waals surface area contributed by atoms with E-state index in [0.29, 0.717) is 12.3 Å². The molecule has 1 N–H and O–H groups in total. The van der Waals surface area contributed by atoms with Gasteiger partial charge in [-0.1, -0.05) is 30.3 Å². The van der Waals surface area contributed by atoms with Gasteiger partial charge in [0.2, 0.25) is 0 Å². The summed E-state index contributed by atoms with van der Waals surface area (Å²) in [6.45, 7) is 4.24. The molecule has 0 fully saturated rings. The van der Waals surface area contributed by atoms with Crippen molar-refractivity contribution < 1.29 is 9.21 Å². The SMILES string of the molecule is Cc1c(C(=O)NCc2nc3ccccc3n2C)oc2c(C)cccc12. The van der Waals surface area contributed by atoms with Crippen molar-refractivity contribution in [3.8, 4) is 0 Å². The zero-order valence-corrected chi connectivity index (χ0v) is 14.5. The van der Waals surface area contributed by atoms with Crippen molar-refractivity contribution in [1.82, 2.24) is 14.9 Å². The Morgan fingerprint density at radius 2 is 1.96 bits per heavy atom. The molecule has 5 nitrogen and oxygen atoms in total. The van der Waals surface area contributed by atoms with E-state index in [1.54, 1.807) is 0 Å². The molecule has 0 aliphatic heterocycles. The van der Waals surface area contributed by atoms with E-state index in [4.69, 9.17) is 4.42 Å². The molecule has 1 amide bonds.